The van der Waals surface area contributed by atoms with E-state index in [1.54, 1.807) is 7.05 Å². The molecule has 2 rings (SSSR count). The summed E-state index contributed by atoms with van der Waals surface area (Å²) in [5.74, 6) is 2.65. The lowest BCUT2D eigenvalue weighted by Gasteiger charge is -2.16. The van der Waals surface area contributed by atoms with Crippen LogP contribution < -0.4 is 20.1 Å². The lowest BCUT2D eigenvalue weighted by molar-refractivity contribution is 0.0776. The molecule has 7 heteroatoms. The van der Waals surface area contributed by atoms with Crippen molar-refractivity contribution in [2.45, 2.75) is 59.3 Å². The molecule has 0 fully saturated rings. The molecule has 1 aromatic carbocycles. The molecule has 2 N–H and O–H groups in total. The number of aliphatic imine (C=N–C) groups is 1. The molecule has 0 saturated heterocycles. The van der Waals surface area contributed by atoms with Crippen molar-refractivity contribution in [3.05, 3.63) is 23.3 Å². The Morgan fingerprint density at radius 1 is 1.33 bits per heavy atom. The largest absolute Gasteiger partial charge is 0.494 e. The van der Waals surface area contributed by atoms with E-state index in [0.29, 0.717) is 13.2 Å². The van der Waals surface area contributed by atoms with E-state index in [1.165, 1.54) is 5.56 Å². The van der Waals surface area contributed by atoms with Gasteiger partial charge in [0.2, 0.25) is 0 Å². The second-order valence-corrected chi connectivity index (χ2v) is 6.76. The first-order valence-electron chi connectivity index (χ1n) is 9.54. The van der Waals surface area contributed by atoms with Gasteiger partial charge in [0.25, 0.3) is 0 Å². The van der Waals surface area contributed by atoms with Crippen LogP contribution in [0.3, 0.4) is 0 Å². The van der Waals surface area contributed by atoms with E-state index in [-0.39, 0.29) is 36.2 Å². The Hall–Kier alpha value is -1.22. The molecule has 0 spiro atoms. The van der Waals surface area contributed by atoms with Gasteiger partial charge in [-0.3, -0.25) is 4.99 Å². The molecule has 1 aliphatic heterocycles. The smallest absolute Gasteiger partial charge is 0.191 e. The summed E-state index contributed by atoms with van der Waals surface area (Å²) in [6, 6.07) is 4.19. The highest BCUT2D eigenvalue weighted by molar-refractivity contribution is 14.0. The number of nitrogens with one attached hydrogen (secondary N) is 2. The average Bonchev–Trinajstić information content (AvgIpc) is 2.96. The number of fused-ring (bicyclic) bond motifs is 1. The van der Waals surface area contributed by atoms with Gasteiger partial charge >= 0.3 is 0 Å². The Bertz CT molecular complexity index is 608. The van der Waals surface area contributed by atoms with Crippen LogP contribution in [0.2, 0.25) is 0 Å². The van der Waals surface area contributed by atoms with E-state index in [4.69, 9.17) is 14.2 Å². The van der Waals surface area contributed by atoms with Gasteiger partial charge in [0.1, 0.15) is 17.6 Å². The van der Waals surface area contributed by atoms with E-state index in [2.05, 4.69) is 34.7 Å². The standard InChI is InChI=1S/C20H33N3O3.HI/c1-6-24-18-11-16-10-15(4)26-19(16)12-17(18)13-23-20(21-5)22-8-7-9-25-14(2)3;/h11-12,14-15H,6-10,13H2,1-5H3,(H2,21,22,23);1H. The molecule has 1 atom stereocenters. The van der Waals surface area contributed by atoms with Crippen LogP contribution in [0.1, 0.15) is 45.2 Å². The fourth-order valence-corrected chi connectivity index (χ4v) is 2.91. The number of guanidine groups is 1. The minimum absolute atomic E-state index is 0. The van der Waals surface area contributed by atoms with E-state index in [9.17, 15) is 0 Å². The lowest BCUT2D eigenvalue weighted by atomic mass is 10.1. The molecule has 0 amide bonds. The van der Waals surface area contributed by atoms with Crippen molar-refractivity contribution in [3.63, 3.8) is 0 Å². The topological polar surface area (TPSA) is 64.1 Å². The van der Waals surface area contributed by atoms with Crippen molar-refractivity contribution >= 4 is 29.9 Å². The number of nitrogens with zero attached hydrogens (tertiary/aromatic N) is 1. The van der Waals surface area contributed by atoms with Gasteiger partial charge < -0.3 is 24.8 Å². The van der Waals surface area contributed by atoms with Crippen LogP contribution in [-0.2, 0) is 17.7 Å². The Labute approximate surface area is 180 Å². The second-order valence-electron chi connectivity index (χ2n) is 6.76. The minimum atomic E-state index is 0. The monoisotopic (exact) mass is 491 g/mol. The highest BCUT2D eigenvalue weighted by Gasteiger charge is 2.21. The normalized spacial score (nSPS) is 15.8. The van der Waals surface area contributed by atoms with Crippen LogP contribution in [0.25, 0.3) is 0 Å². The van der Waals surface area contributed by atoms with Gasteiger partial charge in [0, 0.05) is 44.3 Å². The molecule has 0 radical (unpaired) electrons. The maximum Gasteiger partial charge on any atom is 0.191 e. The summed E-state index contributed by atoms with van der Waals surface area (Å²) < 4.78 is 17.3. The number of hydrogen-bond acceptors (Lipinski definition) is 4. The summed E-state index contributed by atoms with van der Waals surface area (Å²) in [5, 5.41) is 6.66. The van der Waals surface area contributed by atoms with E-state index < -0.39 is 0 Å². The summed E-state index contributed by atoms with van der Waals surface area (Å²) >= 11 is 0. The van der Waals surface area contributed by atoms with Crippen molar-refractivity contribution in [1.29, 1.82) is 0 Å². The molecule has 0 aliphatic carbocycles. The highest BCUT2D eigenvalue weighted by Crippen LogP contribution is 2.35. The molecule has 0 bridgehead atoms. The van der Waals surface area contributed by atoms with Crippen molar-refractivity contribution < 1.29 is 14.2 Å². The van der Waals surface area contributed by atoms with Crippen molar-refractivity contribution in [2.24, 2.45) is 4.99 Å². The maximum atomic E-state index is 5.88. The molecule has 6 nitrogen and oxygen atoms in total. The number of benzene rings is 1. The van der Waals surface area contributed by atoms with Crippen molar-refractivity contribution in [3.8, 4) is 11.5 Å². The van der Waals surface area contributed by atoms with Gasteiger partial charge in [-0.2, -0.15) is 0 Å². The zero-order valence-electron chi connectivity index (χ0n) is 17.1. The van der Waals surface area contributed by atoms with Crippen LogP contribution in [0.15, 0.2) is 17.1 Å². The fraction of sp³-hybridized carbons (Fsp3) is 0.650. The Morgan fingerprint density at radius 3 is 2.78 bits per heavy atom. The average molecular weight is 491 g/mol. The molecule has 1 unspecified atom stereocenters. The molecular formula is C20H34IN3O3. The number of rotatable bonds is 9. The van der Waals surface area contributed by atoms with Crippen LogP contribution in [0.5, 0.6) is 11.5 Å². The second kappa shape index (κ2) is 12.3. The third-order valence-corrected chi connectivity index (χ3v) is 4.11. The maximum absolute atomic E-state index is 5.88. The van der Waals surface area contributed by atoms with Gasteiger partial charge in [-0.1, -0.05) is 0 Å². The van der Waals surface area contributed by atoms with E-state index in [0.717, 1.165) is 49.0 Å². The Morgan fingerprint density at radius 2 is 2.11 bits per heavy atom. The summed E-state index contributed by atoms with van der Waals surface area (Å²) in [5.41, 5.74) is 2.29. The summed E-state index contributed by atoms with van der Waals surface area (Å²) in [6.45, 7) is 11.0. The van der Waals surface area contributed by atoms with E-state index in [1.807, 2.05) is 20.8 Å². The van der Waals surface area contributed by atoms with Gasteiger partial charge in [-0.05, 0) is 46.2 Å². The summed E-state index contributed by atoms with van der Waals surface area (Å²) in [4.78, 5) is 4.28. The zero-order valence-corrected chi connectivity index (χ0v) is 19.5. The first-order chi connectivity index (χ1) is 12.5. The van der Waals surface area contributed by atoms with Crippen molar-refractivity contribution in [2.75, 3.05) is 26.8 Å². The lowest BCUT2D eigenvalue weighted by Crippen LogP contribution is -2.37. The highest BCUT2D eigenvalue weighted by atomic mass is 127. The number of hydrogen-bond donors (Lipinski definition) is 2. The summed E-state index contributed by atoms with van der Waals surface area (Å²) in [6.07, 6.45) is 2.37. The van der Waals surface area contributed by atoms with Gasteiger partial charge in [0.15, 0.2) is 5.96 Å². The number of halogens is 1. The summed E-state index contributed by atoms with van der Waals surface area (Å²) in [7, 11) is 1.77. The molecule has 27 heavy (non-hydrogen) atoms. The predicted molar refractivity (Wildman–Crippen MR) is 121 cm³/mol. The van der Waals surface area contributed by atoms with Crippen LogP contribution in [0.4, 0.5) is 0 Å². The number of ether oxygens (including phenoxy) is 3. The SMILES string of the molecule is CCOc1cc2c(cc1CNC(=NC)NCCCOC(C)C)OC(C)C2.I. The Balaban J connectivity index is 0.00000364. The van der Waals surface area contributed by atoms with Crippen LogP contribution >= 0.6 is 24.0 Å². The molecule has 1 aromatic rings. The minimum Gasteiger partial charge on any atom is -0.494 e. The van der Waals surface area contributed by atoms with Crippen molar-refractivity contribution in [1.82, 2.24) is 10.6 Å². The molecule has 1 aliphatic rings. The van der Waals surface area contributed by atoms with Crippen LogP contribution in [0, 0.1) is 0 Å². The molecule has 0 aromatic heterocycles. The molecular weight excluding hydrogens is 457 g/mol. The molecule has 0 saturated carbocycles. The quantitative estimate of drug-likeness (QED) is 0.240. The molecule has 1 heterocycles. The Kier molecular flexibility index (Phi) is 10.8. The predicted octanol–water partition coefficient (Wildman–Crippen LogP) is 3.51. The third-order valence-electron chi connectivity index (χ3n) is 4.11. The fourth-order valence-electron chi connectivity index (χ4n) is 2.91. The molecule has 154 valence electrons. The third kappa shape index (κ3) is 7.73. The van der Waals surface area contributed by atoms with Gasteiger partial charge in [-0.25, -0.2) is 0 Å². The van der Waals surface area contributed by atoms with Crippen LogP contribution in [-0.4, -0.2) is 45.0 Å². The zero-order chi connectivity index (χ0) is 18.9. The van der Waals surface area contributed by atoms with Gasteiger partial charge in [-0.15, -0.1) is 24.0 Å². The van der Waals surface area contributed by atoms with E-state index >= 15 is 0 Å². The van der Waals surface area contributed by atoms with Gasteiger partial charge in [0.05, 0.1) is 12.7 Å². The first-order valence-corrected chi connectivity index (χ1v) is 9.54. The first kappa shape index (κ1) is 23.8.